The van der Waals surface area contributed by atoms with E-state index >= 15 is 0 Å². The van der Waals surface area contributed by atoms with Gasteiger partial charge in [0.25, 0.3) is 5.91 Å². The van der Waals surface area contributed by atoms with Gasteiger partial charge in [-0.05, 0) is 43.3 Å². The van der Waals surface area contributed by atoms with Crippen molar-refractivity contribution in [3.05, 3.63) is 54.3 Å². The molecule has 0 unspecified atom stereocenters. The highest BCUT2D eigenvalue weighted by Crippen LogP contribution is 2.31. The highest BCUT2D eigenvalue weighted by atomic mass is 19.1. The van der Waals surface area contributed by atoms with Gasteiger partial charge in [-0.2, -0.15) is 0 Å². The summed E-state index contributed by atoms with van der Waals surface area (Å²) in [6.07, 6.45) is 0.158. The molecule has 8 heteroatoms. The number of carbonyl (C=O) groups is 3. The molecule has 1 heterocycles. The summed E-state index contributed by atoms with van der Waals surface area (Å²) in [5.41, 5.74) is 1.16. The van der Waals surface area contributed by atoms with E-state index in [0.717, 1.165) is 0 Å². The van der Waals surface area contributed by atoms with Crippen LogP contribution in [0.5, 0.6) is 5.75 Å². The molecule has 1 aliphatic heterocycles. The highest BCUT2D eigenvalue weighted by Gasteiger charge is 2.30. The van der Waals surface area contributed by atoms with E-state index in [2.05, 4.69) is 5.32 Å². The number of amides is 3. The van der Waals surface area contributed by atoms with Crippen LogP contribution in [0.2, 0.25) is 0 Å². The Bertz CT molecular complexity index is 916. The number of anilines is 2. The van der Waals surface area contributed by atoms with Crippen molar-refractivity contribution in [2.45, 2.75) is 19.4 Å². The molecule has 0 fully saturated rings. The number of hydrogen-bond donors (Lipinski definition) is 1. The molecule has 0 bridgehead atoms. The number of fused-ring (bicyclic) bond motifs is 1. The Hall–Kier alpha value is -3.42. The van der Waals surface area contributed by atoms with Crippen molar-refractivity contribution in [2.75, 3.05) is 30.4 Å². The third kappa shape index (κ3) is 4.90. The van der Waals surface area contributed by atoms with Gasteiger partial charge in [0.15, 0.2) is 6.61 Å². The minimum Gasteiger partial charge on any atom is -0.484 e. The second kappa shape index (κ2) is 8.72. The van der Waals surface area contributed by atoms with E-state index in [-0.39, 0.29) is 37.4 Å². The molecule has 2 aromatic rings. The molecule has 7 nitrogen and oxygen atoms in total. The van der Waals surface area contributed by atoms with Crippen LogP contribution in [0.15, 0.2) is 48.5 Å². The average molecular weight is 399 g/mol. The summed E-state index contributed by atoms with van der Waals surface area (Å²) < 4.78 is 18.3. The summed E-state index contributed by atoms with van der Waals surface area (Å²) in [5, 5.41) is 2.80. The van der Waals surface area contributed by atoms with E-state index in [0.29, 0.717) is 17.1 Å². The van der Waals surface area contributed by atoms with Crippen LogP contribution in [0.1, 0.15) is 13.3 Å². The molecule has 3 rings (SSSR count). The van der Waals surface area contributed by atoms with E-state index in [1.165, 1.54) is 41.1 Å². The molecule has 0 saturated heterocycles. The Morgan fingerprint density at radius 1 is 1.21 bits per heavy atom. The van der Waals surface area contributed by atoms with Crippen LogP contribution in [0.25, 0.3) is 0 Å². The Labute approximate surface area is 168 Å². The Morgan fingerprint density at radius 3 is 2.62 bits per heavy atom. The molecule has 0 spiro atoms. The predicted molar refractivity (Wildman–Crippen MR) is 106 cm³/mol. The molecule has 1 N–H and O–H groups in total. The topological polar surface area (TPSA) is 79.0 Å². The predicted octanol–water partition coefficient (Wildman–Crippen LogP) is 2.43. The van der Waals surface area contributed by atoms with Crippen molar-refractivity contribution in [3.63, 3.8) is 0 Å². The van der Waals surface area contributed by atoms with Crippen molar-refractivity contribution >= 4 is 29.1 Å². The number of hydrogen-bond acceptors (Lipinski definition) is 4. The molecule has 1 atom stereocenters. The number of halogens is 1. The fraction of sp³-hybridized carbons (Fsp3) is 0.286. The van der Waals surface area contributed by atoms with Gasteiger partial charge in [0.1, 0.15) is 11.6 Å². The van der Waals surface area contributed by atoms with E-state index < -0.39 is 11.7 Å². The first-order valence-electron chi connectivity index (χ1n) is 9.18. The van der Waals surface area contributed by atoms with Gasteiger partial charge in [0, 0.05) is 19.5 Å². The van der Waals surface area contributed by atoms with Crippen LogP contribution in [0.4, 0.5) is 15.8 Å². The van der Waals surface area contributed by atoms with Gasteiger partial charge in [-0.25, -0.2) is 4.39 Å². The normalized spacial score (nSPS) is 15.8. The second-order valence-electron chi connectivity index (χ2n) is 6.87. The maximum absolute atomic E-state index is 13.0. The third-order valence-electron chi connectivity index (χ3n) is 4.60. The molecule has 0 aromatic heterocycles. The van der Waals surface area contributed by atoms with Gasteiger partial charge in [-0.3, -0.25) is 14.4 Å². The van der Waals surface area contributed by atoms with Crippen molar-refractivity contribution in [2.24, 2.45) is 0 Å². The number of likely N-dealkylation sites (N-methyl/N-ethyl adjacent to an activating group) is 1. The van der Waals surface area contributed by atoms with Gasteiger partial charge in [0.2, 0.25) is 11.8 Å². The van der Waals surface area contributed by atoms with Gasteiger partial charge < -0.3 is 19.9 Å². The summed E-state index contributed by atoms with van der Waals surface area (Å²) >= 11 is 0. The quantitative estimate of drug-likeness (QED) is 0.838. The molecule has 0 saturated carbocycles. The molecule has 152 valence electrons. The van der Waals surface area contributed by atoms with Gasteiger partial charge in [-0.1, -0.05) is 12.1 Å². The lowest BCUT2D eigenvalue weighted by Crippen LogP contribution is -2.46. The summed E-state index contributed by atoms with van der Waals surface area (Å²) in [6.45, 7) is 1.35. The van der Waals surface area contributed by atoms with Crippen LogP contribution in [0, 0.1) is 5.82 Å². The fourth-order valence-corrected chi connectivity index (χ4v) is 3.12. The number of carbonyl (C=O) groups excluding carboxylic acids is 3. The average Bonchev–Trinajstić information content (AvgIpc) is 2.81. The van der Waals surface area contributed by atoms with Crippen LogP contribution >= 0.6 is 0 Å². The van der Waals surface area contributed by atoms with E-state index in [4.69, 9.17) is 4.74 Å². The van der Waals surface area contributed by atoms with Gasteiger partial charge in [0.05, 0.1) is 17.9 Å². The lowest BCUT2D eigenvalue weighted by atomic mass is 10.1. The first-order chi connectivity index (χ1) is 13.8. The first kappa shape index (κ1) is 20.3. The first-order valence-corrected chi connectivity index (χ1v) is 9.18. The van der Waals surface area contributed by atoms with Gasteiger partial charge >= 0.3 is 0 Å². The smallest absolute Gasteiger partial charge is 0.260 e. The Kier molecular flexibility index (Phi) is 6.11. The Morgan fingerprint density at radius 2 is 1.90 bits per heavy atom. The minimum absolute atomic E-state index is 0.158. The van der Waals surface area contributed by atoms with E-state index in [1.807, 2.05) is 0 Å². The van der Waals surface area contributed by atoms with Crippen LogP contribution in [0.3, 0.4) is 0 Å². The van der Waals surface area contributed by atoms with E-state index in [9.17, 15) is 18.8 Å². The van der Waals surface area contributed by atoms with E-state index in [1.54, 1.807) is 31.2 Å². The molecule has 3 amide bonds. The number of nitrogens with zero attached hydrogens (tertiary/aromatic N) is 2. The fourth-order valence-electron chi connectivity index (χ4n) is 3.12. The molecule has 2 aromatic carbocycles. The van der Waals surface area contributed by atoms with Crippen LogP contribution in [-0.2, 0) is 14.4 Å². The van der Waals surface area contributed by atoms with Crippen LogP contribution < -0.4 is 15.0 Å². The van der Waals surface area contributed by atoms with Crippen LogP contribution in [-0.4, -0.2) is 48.9 Å². The number of benzene rings is 2. The molecule has 0 aliphatic carbocycles. The van der Waals surface area contributed by atoms with Gasteiger partial charge in [-0.15, -0.1) is 0 Å². The summed E-state index contributed by atoms with van der Waals surface area (Å²) in [6, 6.07) is 12.0. The number of rotatable bonds is 5. The lowest BCUT2D eigenvalue weighted by molar-refractivity contribution is -0.135. The minimum atomic E-state index is -0.397. The molecular formula is C21H22FN3O4. The number of ether oxygens (including phenoxy) is 1. The van der Waals surface area contributed by atoms with Crippen molar-refractivity contribution in [1.29, 1.82) is 0 Å². The molecular weight excluding hydrogens is 377 g/mol. The summed E-state index contributed by atoms with van der Waals surface area (Å²) in [4.78, 5) is 40.2. The zero-order valence-electron chi connectivity index (χ0n) is 16.2. The van der Waals surface area contributed by atoms with Crippen molar-refractivity contribution in [1.82, 2.24) is 4.90 Å². The largest absolute Gasteiger partial charge is 0.484 e. The SMILES string of the molecule is C[C@@H]1CC(=O)Nc2ccccc2N1C(=O)CN(C)C(=O)COc1ccc(F)cc1. The summed E-state index contributed by atoms with van der Waals surface area (Å²) in [5.74, 6) is -0.908. The molecule has 1 aliphatic rings. The highest BCUT2D eigenvalue weighted by molar-refractivity contribution is 6.05. The third-order valence-corrected chi connectivity index (χ3v) is 4.60. The maximum Gasteiger partial charge on any atom is 0.260 e. The zero-order chi connectivity index (χ0) is 21.0. The van der Waals surface area contributed by atoms with Crippen molar-refractivity contribution < 1.29 is 23.5 Å². The number of para-hydroxylation sites is 2. The van der Waals surface area contributed by atoms with Crippen molar-refractivity contribution in [3.8, 4) is 5.75 Å². The maximum atomic E-state index is 13.0. The number of nitrogens with one attached hydrogen (secondary N) is 1. The second-order valence-corrected chi connectivity index (χ2v) is 6.87. The summed E-state index contributed by atoms with van der Waals surface area (Å²) in [7, 11) is 1.51. The lowest BCUT2D eigenvalue weighted by Gasteiger charge is -2.29. The zero-order valence-corrected chi connectivity index (χ0v) is 16.2. The standard InChI is InChI=1S/C21H22FN3O4/c1-14-11-19(26)23-17-5-3-4-6-18(17)25(14)20(27)12-24(2)21(28)13-29-16-9-7-15(22)8-10-16/h3-10,14H,11-13H2,1-2H3,(H,23,26)/t14-/m1/s1. The molecule has 29 heavy (non-hydrogen) atoms. The monoisotopic (exact) mass is 399 g/mol. The Balaban J connectivity index is 1.65. The molecule has 0 radical (unpaired) electrons.